The van der Waals surface area contributed by atoms with Crippen LogP contribution in [0.5, 0.6) is 0 Å². The number of esters is 3. The predicted molar refractivity (Wildman–Crippen MR) is 75.3 cm³/mol. The molecule has 1 rings (SSSR count). The molecule has 12 heteroatoms. The Balaban J connectivity index is 3.64. The van der Waals surface area contributed by atoms with Crippen molar-refractivity contribution >= 4 is 17.9 Å². The van der Waals surface area contributed by atoms with Crippen LogP contribution >= 0.6 is 0 Å². The highest BCUT2D eigenvalue weighted by Crippen LogP contribution is 1.84. The summed E-state index contributed by atoms with van der Waals surface area (Å²) < 4.78 is 14.2. The summed E-state index contributed by atoms with van der Waals surface area (Å²) in [5.41, 5.74) is -3.66. The van der Waals surface area contributed by atoms with Gasteiger partial charge in [0, 0.05) is 0 Å². The summed E-state index contributed by atoms with van der Waals surface area (Å²) in [6.45, 7) is -2.43. The fraction of sp³-hybridized carbons (Fsp3) is 0.500. The Labute approximate surface area is 133 Å². The van der Waals surface area contributed by atoms with Crippen molar-refractivity contribution in [1.82, 2.24) is 13.7 Å². The van der Waals surface area contributed by atoms with E-state index in [1.165, 1.54) is 0 Å². The van der Waals surface area contributed by atoms with Crippen molar-refractivity contribution in [3.63, 3.8) is 0 Å². The number of hydrogen-bond donors (Lipinski definition) is 0. The van der Waals surface area contributed by atoms with Crippen LogP contribution in [0.3, 0.4) is 0 Å². The second kappa shape index (κ2) is 7.89. The molecule has 0 radical (unpaired) electrons. The zero-order valence-electron chi connectivity index (χ0n) is 13.1. The number of nitrogens with zero attached hydrogens (tertiary/aromatic N) is 3. The van der Waals surface area contributed by atoms with Crippen LogP contribution in [0.2, 0.25) is 0 Å². The van der Waals surface area contributed by atoms with Crippen molar-refractivity contribution in [2.24, 2.45) is 0 Å². The first-order chi connectivity index (χ1) is 11.3. The third-order valence-corrected chi connectivity index (χ3v) is 2.93. The highest BCUT2D eigenvalue weighted by molar-refractivity contribution is 5.70. The van der Waals surface area contributed by atoms with Crippen molar-refractivity contribution in [1.29, 1.82) is 0 Å². The van der Waals surface area contributed by atoms with E-state index in [2.05, 4.69) is 14.2 Å². The van der Waals surface area contributed by atoms with Gasteiger partial charge in [-0.25, -0.2) is 28.1 Å². The van der Waals surface area contributed by atoms with E-state index in [-0.39, 0.29) is 0 Å². The maximum Gasteiger partial charge on any atom is 0.337 e. The Morgan fingerprint density at radius 1 is 0.625 bits per heavy atom. The smallest absolute Gasteiger partial charge is 0.337 e. The van der Waals surface area contributed by atoms with Crippen LogP contribution in [0, 0.1) is 0 Å². The second-order valence-corrected chi connectivity index (χ2v) is 4.33. The third kappa shape index (κ3) is 3.97. The molecule has 0 aliphatic rings. The number of aromatic nitrogens is 3. The largest absolute Gasteiger partial charge is 0.468 e. The Bertz CT molecular complexity index is 690. The molecule has 24 heavy (non-hydrogen) atoms. The summed E-state index contributed by atoms with van der Waals surface area (Å²) in [6.07, 6.45) is 0. The Hall–Kier alpha value is -3.18. The fourth-order valence-corrected chi connectivity index (χ4v) is 1.67. The highest BCUT2D eigenvalue weighted by Gasteiger charge is 2.21. The van der Waals surface area contributed by atoms with Gasteiger partial charge in [-0.2, -0.15) is 0 Å². The van der Waals surface area contributed by atoms with Gasteiger partial charge in [0.25, 0.3) is 0 Å². The van der Waals surface area contributed by atoms with E-state index in [0.717, 1.165) is 21.3 Å². The number of rotatable bonds is 6. The molecular formula is C12H15N3O9. The molecule has 1 aromatic heterocycles. The Morgan fingerprint density at radius 2 is 0.833 bits per heavy atom. The standard InChI is InChI=1S/C12H15N3O9/c1-22-7(16)4-13-10(19)14(5-8(17)23-2)12(21)15(11(13)20)6-9(18)24-3/h4-6H2,1-3H3. The summed E-state index contributed by atoms with van der Waals surface area (Å²) in [6, 6.07) is 0. The van der Waals surface area contributed by atoms with Gasteiger partial charge in [-0.05, 0) is 0 Å². The average molecular weight is 345 g/mol. The SMILES string of the molecule is COC(=O)Cn1c(=O)n(CC(=O)OC)c(=O)n(CC(=O)OC)c1=O. The van der Waals surface area contributed by atoms with Gasteiger partial charge in [0.05, 0.1) is 21.3 Å². The van der Waals surface area contributed by atoms with E-state index in [0.29, 0.717) is 13.7 Å². The molecule has 0 aromatic carbocycles. The first-order valence-corrected chi connectivity index (χ1v) is 6.41. The third-order valence-electron chi connectivity index (χ3n) is 2.93. The van der Waals surface area contributed by atoms with E-state index in [1.54, 1.807) is 0 Å². The van der Waals surface area contributed by atoms with E-state index in [1.807, 2.05) is 0 Å². The monoisotopic (exact) mass is 345 g/mol. The normalized spacial score (nSPS) is 10.1. The molecular weight excluding hydrogens is 330 g/mol. The first kappa shape index (κ1) is 18.9. The molecule has 0 N–H and O–H groups in total. The lowest BCUT2D eigenvalue weighted by Gasteiger charge is -2.12. The summed E-state index contributed by atoms with van der Waals surface area (Å²) in [4.78, 5) is 70.7. The molecule has 0 unspecified atom stereocenters. The number of carbonyl (C=O) groups excluding carboxylic acids is 3. The van der Waals surface area contributed by atoms with Gasteiger partial charge < -0.3 is 14.2 Å². The topological polar surface area (TPSA) is 145 Å². The van der Waals surface area contributed by atoms with Crippen LogP contribution in [0.25, 0.3) is 0 Å². The number of carbonyl (C=O) groups is 3. The van der Waals surface area contributed by atoms with Crippen molar-refractivity contribution in [2.45, 2.75) is 19.6 Å². The molecule has 132 valence electrons. The van der Waals surface area contributed by atoms with E-state index in [4.69, 9.17) is 0 Å². The summed E-state index contributed by atoms with van der Waals surface area (Å²) >= 11 is 0. The zero-order chi connectivity index (χ0) is 18.4. The minimum absolute atomic E-state index is 0.360. The van der Waals surface area contributed by atoms with Crippen LogP contribution in [-0.4, -0.2) is 52.9 Å². The van der Waals surface area contributed by atoms with Gasteiger partial charge in [0.2, 0.25) is 0 Å². The van der Waals surface area contributed by atoms with Gasteiger partial charge in [-0.1, -0.05) is 0 Å². The molecule has 0 saturated heterocycles. The molecule has 0 fully saturated rings. The lowest BCUT2D eigenvalue weighted by atomic mass is 10.5. The first-order valence-electron chi connectivity index (χ1n) is 6.41. The van der Waals surface area contributed by atoms with Crippen molar-refractivity contribution < 1.29 is 28.6 Å². The zero-order valence-corrected chi connectivity index (χ0v) is 13.1. The number of hydrogen-bond acceptors (Lipinski definition) is 9. The molecule has 0 aliphatic heterocycles. The van der Waals surface area contributed by atoms with Crippen LogP contribution in [0.1, 0.15) is 0 Å². The average Bonchev–Trinajstić information content (AvgIpc) is 2.58. The van der Waals surface area contributed by atoms with Gasteiger partial charge in [-0.15, -0.1) is 0 Å². The van der Waals surface area contributed by atoms with Crippen LogP contribution in [0.15, 0.2) is 14.4 Å². The van der Waals surface area contributed by atoms with Gasteiger partial charge >= 0.3 is 35.0 Å². The van der Waals surface area contributed by atoms with E-state index in [9.17, 15) is 28.8 Å². The Kier molecular flexibility index (Phi) is 6.21. The lowest BCUT2D eigenvalue weighted by Crippen LogP contribution is -2.56. The minimum Gasteiger partial charge on any atom is -0.468 e. The summed E-state index contributed by atoms with van der Waals surface area (Å²) in [7, 11) is 3.10. The summed E-state index contributed by atoms with van der Waals surface area (Å²) in [5.74, 6) is -2.83. The Morgan fingerprint density at radius 3 is 1.00 bits per heavy atom. The fourth-order valence-electron chi connectivity index (χ4n) is 1.67. The highest BCUT2D eigenvalue weighted by atomic mass is 16.5. The number of ether oxygens (including phenoxy) is 3. The molecule has 0 amide bonds. The molecule has 0 aliphatic carbocycles. The maximum absolute atomic E-state index is 12.2. The molecule has 12 nitrogen and oxygen atoms in total. The lowest BCUT2D eigenvalue weighted by molar-refractivity contribution is -0.141. The van der Waals surface area contributed by atoms with Crippen molar-refractivity contribution in [2.75, 3.05) is 21.3 Å². The van der Waals surface area contributed by atoms with Crippen molar-refractivity contribution in [3.05, 3.63) is 31.5 Å². The second-order valence-electron chi connectivity index (χ2n) is 4.33. The van der Waals surface area contributed by atoms with E-state index >= 15 is 0 Å². The molecule has 0 bridgehead atoms. The van der Waals surface area contributed by atoms with E-state index < -0.39 is 54.6 Å². The molecule has 0 atom stereocenters. The van der Waals surface area contributed by atoms with Crippen LogP contribution in [-0.2, 0) is 48.2 Å². The molecule has 1 aromatic rings. The molecule has 0 saturated carbocycles. The summed E-state index contributed by atoms with van der Waals surface area (Å²) in [5, 5.41) is 0. The van der Waals surface area contributed by atoms with Gasteiger partial charge in [-0.3, -0.25) is 14.4 Å². The van der Waals surface area contributed by atoms with Crippen LogP contribution in [0.4, 0.5) is 0 Å². The van der Waals surface area contributed by atoms with Gasteiger partial charge in [0.1, 0.15) is 19.6 Å². The van der Waals surface area contributed by atoms with Crippen LogP contribution < -0.4 is 17.1 Å². The number of methoxy groups -OCH3 is 3. The molecule has 1 heterocycles. The molecule has 0 spiro atoms. The van der Waals surface area contributed by atoms with Gasteiger partial charge in [0.15, 0.2) is 0 Å². The van der Waals surface area contributed by atoms with Crippen molar-refractivity contribution in [3.8, 4) is 0 Å². The quantitative estimate of drug-likeness (QED) is 0.382. The minimum atomic E-state index is -1.22. The predicted octanol–water partition coefficient (Wildman–Crippen LogP) is -3.31. The maximum atomic E-state index is 12.2.